The van der Waals surface area contributed by atoms with Gasteiger partial charge in [-0.05, 0) is 19.3 Å². The van der Waals surface area contributed by atoms with Crippen molar-refractivity contribution in [2.45, 2.75) is 37.9 Å². The van der Waals surface area contributed by atoms with E-state index in [2.05, 4.69) is 9.97 Å². The Morgan fingerprint density at radius 2 is 1.75 bits per heavy atom. The number of alkyl halides is 3. The summed E-state index contributed by atoms with van der Waals surface area (Å²) in [6.45, 7) is 2.23. The van der Waals surface area contributed by atoms with Crippen LogP contribution in [0, 0.1) is 0 Å². The average molecular weight is 401 g/mol. The number of anilines is 1. The Bertz CT molecular complexity index is 705. The largest absolute Gasteiger partial charge is 0.465 e. The van der Waals surface area contributed by atoms with Gasteiger partial charge in [0.15, 0.2) is 0 Å². The van der Waals surface area contributed by atoms with Gasteiger partial charge in [-0.15, -0.1) is 0 Å². The van der Waals surface area contributed by atoms with Crippen molar-refractivity contribution in [3.8, 4) is 0 Å². The highest BCUT2D eigenvalue weighted by atomic mass is 19.4. The maximum atomic E-state index is 12.6. The molecule has 8 nitrogen and oxygen atoms in total. The predicted molar refractivity (Wildman–Crippen MR) is 92.8 cm³/mol. The van der Waals surface area contributed by atoms with E-state index in [1.807, 2.05) is 0 Å². The summed E-state index contributed by atoms with van der Waals surface area (Å²) in [6, 6.07) is -0.108. The average Bonchev–Trinajstić information content (AvgIpc) is 3.15. The van der Waals surface area contributed by atoms with Gasteiger partial charge in [-0.3, -0.25) is 4.79 Å². The number of carbonyl (C=O) groups excluding carboxylic acids is 1. The molecular formula is C17H22F3N5O3. The van der Waals surface area contributed by atoms with Crippen LogP contribution in [0.25, 0.3) is 0 Å². The summed E-state index contributed by atoms with van der Waals surface area (Å²) in [4.78, 5) is 36.0. The molecule has 2 amide bonds. The molecule has 154 valence electrons. The number of carboxylic acid groups (broad SMARTS) is 1. The summed E-state index contributed by atoms with van der Waals surface area (Å²) in [6.07, 6.45) is -1.52. The number of amides is 2. The molecule has 2 fully saturated rings. The Hall–Kier alpha value is -2.59. The predicted octanol–water partition coefficient (Wildman–Crippen LogP) is 2.07. The number of rotatable bonds is 4. The minimum Gasteiger partial charge on any atom is -0.465 e. The molecule has 0 saturated carbocycles. The van der Waals surface area contributed by atoms with Crippen molar-refractivity contribution in [2.75, 3.05) is 37.6 Å². The van der Waals surface area contributed by atoms with E-state index in [9.17, 15) is 22.8 Å². The van der Waals surface area contributed by atoms with Crippen molar-refractivity contribution < 1.29 is 27.9 Å². The molecule has 1 atom stereocenters. The number of nitrogens with zero attached hydrogens (tertiary/aromatic N) is 5. The fraction of sp³-hybridized carbons (Fsp3) is 0.647. The highest BCUT2D eigenvalue weighted by molar-refractivity contribution is 5.76. The number of halogens is 3. The third-order valence-electron chi connectivity index (χ3n) is 5.20. The third kappa shape index (κ3) is 4.63. The quantitative estimate of drug-likeness (QED) is 0.831. The maximum Gasteiger partial charge on any atom is 0.419 e. The zero-order valence-electron chi connectivity index (χ0n) is 15.2. The van der Waals surface area contributed by atoms with Crippen LogP contribution < -0.4 is 4.90 Å². The van der Waals surface area contributed by atoms with Crippen LogP contribution in [0.4, 0.5) is 23.9 Å². The second kappa shape index (κ2) is 8.19. The summed E-state index contributed by atoms with van der Waals surface area (Å²) in [5.41, 5.74) is -0.896. The molecular weight excluding hydrogens is 379 g/mol. The molecule has 0 aromatic carbocycles. The van der Waals surface area contributed by atoms with Crippen molar-refractivity contribution in [3.05, 3.63) is 18.0 Å². The maximum absolute atomic E-state index is 12.6. The lowest BCUT2D eigenvalue weighted by Crippen LogP contribution is -2.49. The first-order valence-corrected chi connectivity index (χ1v) is 9.17. The summed E-state index contributed by atoms with van der Waals surface area (Å²) >= 11 is 0. The summed E-state index contributed by atoms with van der Waals surface area (Å²) in [5.74, 6) is 0.174. The molecule has 1 aromatic rings. The monoisotopic (exact) mass is 401 g/mol. The smallest absolute Gasteiger partial charge is 0.419 e. The molecule has 1 aromatic heterocycles. The van der Waals surface area contributed by atoms with Crippen LogP contribution in [0.5, 0.6) is 0 Å². The van der Waals surface area contributed by atoms with Gasteiger partial charge in [-0.25, -0.2) is 14.8 Å². The zero-order chi connectivity index (χ0) is 20.3. The molecule has 0 bridgehead atoms. The van der Waals surface area contributed by atoms with Gasteiger partial charge in [-0.1, -0.05) is 0 Å². The standard InChI is InChI=1S/C17H22F3N5O3/c18-17(19,20)12-10-21-15(22-11-12)24-8-6-23(7-9-24)14(26)4-3-13-2-1-5-25(13)16(27)28/h10-11,13H,1-9H2,(H,27,28)/t13-/m0/s1. The summed E-state index contributed by atoms with van der Waals surface area (Å²) < 4.78 is 37.7. The Labute approximate surface area is 159 Å². The Kier molecular flexibility index (Phi) is 5.90. The lowest BCUT2D eigenvalue weighted by Gasteiger charge is -2.35. The highest BCUT2D eigenvalue weighted by Gasteiger charge is 2.32. The molecule has 2 saturated heterocycles. The summed E-state index contributed by atoms with van der Waals surface area (Å²) in [5, 5.41) is 9.15. The van der Waals surface area contributed by atoms with E-state index >= 15 is 0 Å². The number of likely N-dealkylation sites (tertiary alicyclic amines) is 1. The van der Waals surface area contributed by atoms with E-state index in [4.69, 9.17) is 5.11 Å². The molecule has 11 heteroatoms. The topological polar surface area (TPSA) is 89.9 Å². The first kappa shape index (κ1) is 20.2. The number of piperazine rings is 1. The van der Waals surface area contributed by atoms with Gasteiger partial charge in [0, 0.05) is 57.6 Å². The minimum atomic E-state index is -4.47. The van der Waals surface area contributed by atoms with Gasteiger partial charge < -0.3 is 19.8 Å². The Morgan fingerprint density at radius 1 is 1.11 bits per heavy atom. The van der Waals surface area contributed by atoms with Gasteiger partial charge >= 0.3 is 12.3 Å². The van der Waals surface area contributed by atoms with Gasteiger partial charge in [0.05, 0.1) is 5.56 Å². The van der Waals surface area contributed by atoms with E-state index in [0.29, 0.717) is 39.1 Å². The number of hydrogen-bond acceptors (Lipinski definition) is 5. The van der Waals surface area contributed by atoms with Gasteiger partial charge in [-0.2, -0.15) is 13.2 Å². The molecule has 2 aliphatic rings. The Morgan fingerprint density at radius 3 is 2.32 bits per heavy atom. The van der Waals surface area contributed by atoms with Crippen LogP contribution in [0.15, 0.2) is 12.4 Å². The van der Waals surface area contributed by atoms with E-state index in [1.54, 1.807) is 9.80 Å². The fourth-order valence-corrected chi connectivity index (χ4v) is 3.62. The highest BCUT2D eigenvalue weighted by Crippen LogP contribution is 2.28. The first-order chi connectivity index (χ1) is 13.3. The van der Waals surface area contributed by atoms with Crippen LogP contribution in [0.2, 0.25) is 0 Å². The third-order valence-corrected chi connectivity index (χ3v) is 5.20. The van der Waals surface area contributed by atoms with Crippen LogP contribution in [-0.4, -0.2) is 75.6 Å². The van der Waals surface area contributed by atoms with E-state index in [0.717, 1.165) is 25.2 Å². The number of hydrogen-bond donors (Lipinski definition) is 1. The van der Waals surface area contributed by atoms with Crippen molar-refractivity contribution in [1.29, 1.82) is 0 Å². The normalized spacial score (nSPS) is 20.5. The molecule has 3 heterocycles. The van der Waals surface area contributed by atoms with Gasteiger partial charge in [0.1, 0.15) is 0 Å². The first-order valence-electron chi connectivity index (χ1n) is 9.17. The second-order valence-electron chi connectivity index (χ2n) is 6.95. The molecule has 3 rings (SSSR count). The molecule has 0 spiro atoms. The van der Waals surface area contributed by atoms with Crippen LogP contribution in [-0.2, 0) is 11.0 Å². The van der Waals surface area contributed by atoms with Crippen molar-refractivity contribution in [2.24, 2.45) is 0 Å². The van der Waals surface area contributed by atoms with Crippen LogP contribution in [0.1, 0.15) is 31.2 Å². The van der Waals surface area contributed by atoms with E-state index < -0.39 is 17.8 Å². The van der Waals surface area contributed by atoms with Crippen molar-refractivity contribution in [1.82, 2.24) is 19.8 Å². The molecule has 2 aliphatic heterocycles. The Balaban J connectivity index is 1.47. The van der Waals surface area contributed by atoms with Crippen molar-refractivity contribution >= 4 is 17.9 Å². The van der Waals surface area contributed by atoms with Gasteiger partial charge in [0.25, 0.3) is 0 Å². The van der Waals surface area contributed by atoms with Crippen LogP contribution >= 0.6 is 0 Å². The molecule has 0 aliphatic carbocycles. The zero-order valence-corrected chi connectivity index (χ0v) is 15.2. The van der Waals surface area contributed by atoms with E-state index in [-0.39, 0.29) is 24.3 Å². The minimum absolute atomic E-state index is 0.0368. The second-order valence-corrected chi connectivity index (χ2v) is 6.95. The summed E-state index contributed by atoms with van der Waals surface area (Å²) in [7, 11) is 0. The molecule has 0 unspecified atom stereocenters. The van der Waals surface area contributed by atoms with Gasteiger partial charge in [0.2, 0.25) is 11.9 Å². The lowest BCUT2D eigenvalue weighted by molar-refractivity contribution is -0.138. The fourth-order valence-electron chi connectivity index (χ4n) is 3.62. The van der Waals surface area contributed by atoms with Crippen LogP contribution in [0.3, 0.4) is 0 Å². The SMILES string of the molecule is O=C(CC[C@@H]1CCCN1C(=O)O)N1CCN(c2ncc(C(F)(F)F)cn2)CC1. The number of aromatic nitrogens is 2. The molecule has 28 heavy (non-hydrogen) atoms. The molecule has 0 radical (unpaired) electrons. The number of carbonyl (C=O) groups is 2. The van der Waals surface area contributed by atoms with Crippen molar-refractivity contribution in [3.63, 3.8) is 0 Å². The lowest BCUT2D eigenvalue weighted by atomic mass is 10.1. The van der Waals surface area contributed by atoms with E-state index in [1.165, 1.54) is 4.90 Å². The molecule has 1 N–H and O–H groups in total.